The molecule has 200 valence electrons. The number of nitrogens with two attached hydrogens (primary N) is 1. The number of aromatic nitrogens is 5. The number of nitrogens with zero attached hydrogens (tertiary/aromatic N) is 7. The zero-order chi connectivity index (χ0) is 27.6. The lowest BCUT2D eigenvalue weighted by Gasteiger charge is -2.37. The van der Waals surface area contributed by atoms with Crippen molar-refractivity contribution in [1.29, 1.82) is 5.26 Å². The predicted molar refractivity (Wildman–Crippen MR) is 125 cm³/mol. The first-order valence-electron chi connectivity index (χ1n) is 11.5. The van der Waals surface area contributed by atoms with Crippen molar-refractivity contribution in [2.75, 3.05) is 18.4 Å². The Bertz CT molecular complexity index is 1480. The van der Waals surface area contributed by atoms with Crippen LogP contribution < -0.4 is 11.1 Å². The monoisotopic (exact) mass is 527 g/mol. The van der Waals surface area contributed by atoms with Crippen LogP contribution in [0.15, 0.2) is 24.8 Å². The van der Waals surface area contributed by atoms with Crippen LogP contribution in [0.25, 0.3) is 16.9 Å². The molecule has 16 heteroatoms. The topological polar surface area (TPSA) is 248 Å². The molecule has 2 fully saturated rings. The molecule has 16 nitrogen and oxygen atoms in total. The van der Waals surface area contributed by atoms with Crippen LogP contribution in [0, 0.1) is 22.7 Å². The van der Waals surface area contributed by atoms with Gasteiger partial charge in [0.05, 0.1) is 53.6 Å². The molecule has 1 saturated carbocycles. The maximum Gasteiger partial charge on any atom is 0.333 e. The summed E-state index contributed by atoms with van der Waals surface area (Å²) >= 11 is 0. The SMILES string of the molecule is Cn1cc(-c2cn3ncc(C(N)=O)c(NC4CN(C(=O)C5(C#N)CC5)CC4C(O)(O)C(O)(O)O)c3n2)cn1. The summed E-state index contributed by atoms with van der Waals surface area (Å²) in [5, 5.41) is 70.8. The van der Waals surface area contributed by atoms with E-state index in [0.29, 0.717) is 24.1 Å². The zero-order valence-electron chi connectivity index (χ0n) is 20.1. The number of fused-ring (bicyclic) bond motifs is 1. The molecule has 1 aliphatic heterocycles. The van der Waals surface area contributed by atoms with E-state index in [1.165, 1.54) is 15.6 Å². The van der Waals surface area contributed by atoms with Crippen molar-refractivity contribution in [2.45, 2.75) is 30.6 Å². The maximum atomic E-state index is 13.0. The van der Waals surface area contributed by atoms with E-state index in [1.54, 1.807) is 30.3 Å². The second kappa shape index (κ2) is 8.44. The van der Waals surface area contributed by atoms with Gasteiger partial charge in [-0.3, -0.25) is 14.3 Å². The Morgan fingerprint density at radius 2 is 1.87 bits per heavy atom. The molecule has 38 heavy (non-hydrogen) atoms. The normalized spacial score (nSPS) is 20.9. The highest BCUT2D eigenvalue weighted by atomic mass is 16.7. The van der Waals surface area contributed by atoms with Gasteiger partial charge in [0.2, 0.25) is 5.91 Å². The minimum atomic E-state index is -3.97. The van der Waals surface area contributed by atoms with E-state index in [2.05, 4.69) is 20.5 Å². The van der Waals surface area contributed by atoms with Crippen LogP contribution >= 0.6 is 0 Å². The van der Waals surface area contributed by atoms with Gasteiger partial charge in [0, 0.05) is 31.9 Å². The van der Waals surface area contributed by atoms with Gasteiger partial charge in [0.25, 0.3) is 11.7 Å². The number of imidazole rings is 1. The van der Waals surface area contributed by atoms with Gasteiger partial charge in [-0.05, 0) is 12.8 Å². The lowest BCUT2D eigenvalue weighted by molar-refractivity contribution is -0.459. The first-order valence-corrected chi connectivity index (χ1v) is 11.5. The summed E-state index contributed by atoms with van der Waals surface area (Å²) < 4.78 is 2.91. The Morgan fingerprint density at radius 3 is 2.42 bits per heavy atom. The molecule has 2 unspecified atom stereocenters. The van der Waals surface area contributed by atoms with Gasteiger partial charge < -0.3 is 41.5 Å². The third kappa shape index (κ3) is 4.02. The lowest BCUT2D eigenvalue weighted by atomic mass is 9.91. The van der Waals surface area contributed by atoms with Crippen LogP contribution in [-0.4, -0.2) is 97.5 Å². The van der Waals surface area contributed by atoms with Crippen LogP contribution in [0.4, 0.5) is 5.69 Å². The number of hydrogen-bond donors (Lipinski definition) is 7. The van der Waals surface area contributed by atoms with E-state index in [4.69, 9.17) is 5.73 Å². The first-order chi connectivity index (χ1) is 17.8. The number of nitrogens with one attached hydrogen (secondary N) is 1. The fourth-order valence-electron chi connectivity index (χ4n) is 4.72. The molecule has 1 saturated heterocycles. The fourth-order valence-corrected chi connectivity index (χ4v) is 4.72. The number of amides is 2. The minimum absolute atomic E-state index is 0.0172. The number of nitriles is 1. The average Bonchev–Trinajstić information content (AvgIpc) is 3.15. The second-order valence-electron chi connectivity index (χ2n) is 9.72. The van der Waals surface area contributed by atoms with Gasteiger partial charge in [-0.15, -0.1) is 0 Å². The van der Waals surface area contributed by atoms with E-state index in [-0.39, 0.29) is 23.4 Å². The largest absolute Gasteiger partial charge is 0.376 e. The highest BCUT2D eigenvalue weighted by Crippen LogP contribution is 2.48. The number of hydrogen-bond acceptors (Lipinski definition) is 12. The summed E-state index contributed by atoms with van der Waals surface area (Å²) in [6, 6.07) is 0.788. The Morgan fingerprint density at radius 1 is 1.16 bits per heavy atom. The Balaban J connectivity index is 1.57. The summed E-state index contributed by atoms with van der Waals surface area (Å²) in [6.07, 6.45) is 6.68. The number of carbonyl (C=O) groups excluding carboxylic acids is 2. The van der Waals surface area contributed by atoms with Gasteiger partial charge in [0.15, 0.2) is 5.65 Å². The van der Waals surface area contributed by atoms with E-state index in [9.17, 15) is 40.4 Å². The van der Waals surface area contributed by atoms with Crippen molar-refractivity contribution < 1.29 is 35.1 Å². The molecular weight excluding hydrogens is 502 g/mol. The Kier molecular flexibility index (Phi) is 5.67. The van der Waals surface area contributed by atoms with E-state index < -0.39 is 47.5 Å². The predicted octanol–water partition coefficient (Wildman–Crippen LogP) is -2.92. The molecule has 2 atom stereocenters. The van der Waals surface area contributed by atoms with Crippen molar-refractivity contribution >= 4 is 23.1 Å². The van der Waals surface area contributed by atoms with Crippen molar-refractivity contribution in [3.05, 3.63) is 30.4 Å². The standard InChI is InChI=1S/C22H25N9O7/c1-29-6-11(4-25-29)14-9-31-18(28-14)16(12(5-26-31)17(24)32)27-15-8-30(19(33)20(10-23)2-3-20)7-13(15)21(34,35)22(36,37)38/h4-6,9,13,15,27,34-38H,2-3,7-8H2,1H3,(H2,24,32). The smallest absolute Gasteiger partial charge is 0.333 e. The molecule has 5 rings (SSSR count). The summed E-state index contributed by atoms with van der Waals surface area (Å²) in [7, 11) is 1.72. The van der Waals surface area contributed by atoms with E-state index in [1.807, 2.05) is 6.07 Å². The van der Waals surface area contributed by atoms with Crippen LogP contribution in [0.5, 0.6) is 0 Å². The number of carbonyl (C=O) groups is 2. The number of primary amides is 1. The Hall–Kier alpha value is -4.14. The van der Waals surface area contributed by atoms with Crippen LogP contribution in [0.3, 0.4) is 0 Å². The number of aliphatic hydroxyl groups is 5. The lowest BCUT2D eigenvalue weighted by Crippen LogP contribution is -2.62. The summed E-state index contributed by atoms with van der Waals surface area (Å²) in [5.74, 6) is -10.6. The number of rotatable bonds is 7. The van der Waals surface area contributed by atoms with Gasteiger partial charge in [0.1, 0.15) is 5.41 Å². The molecule has 2 aliphatic rings. The number of anilines is 1. The molecule has 4 heterocycles. The molecule has 0 aromatic carbocycles. The van der Waals surface area contributed by atoms with Crippen molar-refractivity contribution in [3.8, 4) is 17.3 Å². The summed E-state index contributed by atoms with van der Waals surface area (Å²) in [5.41, 5.74) is 5.41. The van der Waals surface area contributed by atoms with Crippen molar-refractivity contribution in [2.24, 2.45) is 24.1 Å². The molecule has 8 N–H and O–H groups in total. The van der Waals surface area contributed by atoms with Gasteiger partial charge >= 0.3 is 5.97 Å². The van der Waals surface area contributed by atoms with Gasteiger partial charge in [-0.1, -0.05) is 0 Å². The minimum Gasteiger partial charge on any atom is -0.376 e. The zero-order valence-corrected chi connectivity index (χ0v) is 20.1. The number of likely N-dealkylation sites (tertiary alicyclic amines) is 1. The second-order valence-corrected chi connectivity index (χ2v) is 9.72. The summed E-state index contributed by atoms with van der Waals surface area (Å²) in [4.78, 5) is 31.0. The first kappa shape index (κ1) is 25.5. The van der Waals surface area contributed by atoms with Gasteiger partial charge in [-0.2, -0.15) is 15.5 Å². The van der Waals surface area contributed by atoms with Crippen molar-refractivity contribution in [3.63, 3.8) is 0 Å². The van der Waals surface area contributed by atoms with Crippen molar-refractivity contribution in [1.82, 2.24) is 29.3 Å². The molecule has 2 amide bonds. The maximum absolute atomic E-state index is 13.0. The molecule has 3 aromatic rings. The molecule has 3 aromatic heterocycles. The quantitative estimate of drug-likeness (QED) is 0.153. The molecule has 0 spiro atoms. The van der Waals surface area contributed by atoms with Gasteiger partial charge in [-0.25, -0.2) is 9.50 Å². The molecule has 0 bridgehead atoms. The van der Waals surface area contributed by atoms with Crippen LogP contribution in [0.1, 0.15) is 23.2 Å². The summed E-state index contributed by atoms with van der Waals surface area (Å²) in [6.45, 7) is -0.701. The molecule has 0 radical (unpaired) electrons. The van der Waals surface area contributed by atoms with E-state index >= 15 is 0 Å². The fraction of sp³-hybridized carbons (Fsp3) is 0.455. The Labute approximate surface area is 214 Å². The van der Waals surface area contributed by atoms with Crippen LogP contribution in [0.2, 0.25) is 0 Å². The molecular formula is C22H25N9O7. The molecule has 1 aliphatic carbocycles. The third-order valence-corrected chi connectivity index (χ3v) is 7.08. The van der Waals surface area contributed by atoms with Crippen LogP contribution in [-0.2, 0) is 11.8 Å². The number of aryl methyl sites for hydroxylation is 1. The highest BCUT2D eigenvalue weighted by molar-refractivity contribution is 6.01. The average molecular weight is 527 g/mol. The van der Waals surface area contributed by atoms with E-state index in [0.717, 1.165) is 0 Å². The third-order valence-electron chi connectivity index (χ3n) is 7.08. The highest BCUT2D eigenvalue weighted by Gasteiger charge is 2.61.